The van der Waals surface area contributed by atoms with Crippen molar-refractivity contribution < 1.29 is 9.90 Å². The summed E-state index contributed by atoms with van der Waals surface area (Å²) < 4.78 is 0. The molecule has 1 aromatic carbocycles. The van der Waals surface area contributed by atoms with Gasteiger partial charge in [0.25, 0.3) is 0 Å². The molecule has 4 heteroatoms. The molecule has 0 fully saturated rings. The number of aryl methyl sites for hydroxylation is 1. The summed E-state index contributed by atoms with van der Waals surface area (Å²) >= 11 is 0. The fourth-order valence-corrected chi connectivity index (χ4v) is 1.61. The van der Waals surface area contributed by atoms with Gasteiger partial charge in [-0.3, -0.25) is 4.98 Å². The molecule has 1 N–H and O–H groups in total. The van der Waals surface area contributed by atoms with Gasteiger partial charge in [-0.2, -0.15) is 0 Å². The number of aromatic carboxylic acids is 1. The van der Waals surface area contributed by atoms with Gasteiger partial charge in [-0.1, -0.05) is 18.2 Å². The van der Waals surface area contributed by atoms with Crippen LogP contribution in [0.15, 0.2) is 30.6 Å². The topological polar surface area (TPSA) is 63.1 Å². The molecule has 0 radical (unpaired) electrons. The third kappa shape index (κ3) is 2.15. The summed E-state index contributed by atoms with van der Waals surface area (Å²) in [6, 6.07) is 5.93. The van der Waals surface area contributed by atoms with Crippen LogP contribution < -0.4 is 0 Å². The van der Waals surface area contributed by atoms with Crippen LogP contribution in [0.2, 0.25) is 0 Å². The molecule has 0 spiro atoms. The van der Waals surface area contributed by atoms with Gasteiger partial charge in [0, 0.05) is 5.56 Å². The molecule has 17 heavy (non-hydrogen) atoms. The first-order valence-electron chi connectivity index (χ1n) is 5.21. The van der Waals surface area contributed by atoms with Crippen molar-refractivity contribution in [1.29, 1.82) is 0 Å². The van der Waals surface area contributed by atoms with E-state index in [9.17, 15) is 4.79 Å². The molecule has 0 aliphatic heterocycles. The highest BCUT2D eigenvalue weighted by Crippen LogP contribution is 2.22. The largest absolute Gasteiger partial charge is 0.476 e. The van der Waals surface area contributed by atoms with Gasteiger partial charge in [-0.15, -0.1) is 0 Å². The highest BCUT2D eigenvalue weighted by atomic mass is 16.4. The van der Waals surface area contributed by atoms with Crippen molar-refractivity contribution in [3.05, 3.63) is 47.4 Å². The Balaban J connectivity index is 2.47. The molecule has 0 unspecified atom stereocenters. The SMILES string of the molecule is Cc1cccc(-c2cnc(C(=O)O)cn2)c1C. The number of benzene rings is 1. The van der Waals surface area contributed by atoms with Gasteiger partial charge in [-0.25, -0.2) is 9.78 Å². The van der Waals surface area contributed by atoms with E-state index < -0.39 is 5.97 Å². The Morgan fingerprint density at radius 3 is 2.53 bits per heavy atom. The van der Waals surface area contributed by atoms with Crippen molar-refractivity contribution in [2.75, 3.05) is 0 Å². The fourth-order valence-electron chi connectivity index (χ4n) is 1.61. The molecular formula is C13H12N2O2. The fraction of sp³-hybridized carbons (Fsp3) is 0.154. The van der Waals surface area contributed by atoms with Crippen molar-refractivity contribution in [2.24, 2.45) is 0 Å². The van der Waals surface area contributed by atoms with Crippen molar-refractivity contribution in [2.45, 2.75) is 13.8 Å². The number of carboxylic acid groups (broad SMARTS) is 1. The van der Waals surface area contributed by atoms with E-state index in [1.54, 1.807) is 0 Å². The first-order chi connectivity index (χ1) is 8.09. The average Bonchev–Trinajstić information content (AvgIpc) is 2.33. The second kappa shape index (κ2) is 4.33. The molecule has 1 heterocycles. The van der Waals surface area contributed by atoms with Gasteiger partial charge in [0.2, 0.25) is 0 Å². The van der Waals surface area contributed by atoms with E-state index >= 15 is 0 Å². The Morgan fingerprint density at radius 1 is 1.18 bits per heavy atom. The molecule has 0 atom stereocenters. The van der Waals surface area contributed by atoms with Gasteiger partial charge in [0.15, 0.2) is 5.69 Å². The smallest absolute Gasteiger partial charge is 0.356 e. The van der Waals surface area contributed by atoms with E-state index in [1.807, 2.05) is 32.0 Å². The van der Waals surface area contributed by atoms with Gasteiger partial charge in [-0.05, 0) is 25.0 Å². The number of nitrogens with zero attached hydrogens (tertiary/aromatic N) is 2. The standard InChI is InChI=1S/C13H12N2O2/c1-8-4-3-5-10(9(8)2)11-6-15-12(7-14-11)13(16)17/h3-7H,1-2H3,(H,16,17). The lowest BCUT2D eigenvalue weighted by molar-refractivity contribution is 0.0690. The van der Waals surface area contributed by atoms with Gasteiger partial charge >= 0.3 is 5.97 Å². The van der Waals surface area contributed by atoms with Crippen molar-refractivity contribution in [3.8, 4) is 11.3 Å². The number of carbonyl (C=O) groups is 1. The number of carboxylic acids is 1. The number of hydrogen-bond donors (Lipinski definition) is 1. The van der Waals surface area contributed by atoms with Crippen LogP contribution in [0.25, 0.3) is 11.3 Å². The summed E-state index contributed by atoms with van der Waals surface area (Å²) in [4.78, 5) is 18.7. The zero-order chi connectivity index (χ0) is 12.4. The Bertz CT molecular complexity index is 562. The van der Waals surface area contributed by atoms with Crippen LogP contribution in [-0.4, -0.2) is 21.0 Å². The molecule has 0 saturated carbocycles. The normalized spacial score (nSPS) is 10.2. The maximum absolute atomic E-state index is 10.7. The van der Waals surface area contributed by atoms with Crippen LogP contribution in [0.3, 0.4) is 0 Å². The molecule has 0 bridgehead atoms. The van der Waals surface area contributed by atoms with Crippen LogP contribution in [0.5, 0.6) is 0 Å². The molecule has 1 aromatic heterocycles. The molecule has 0 amide bonds. The minimum Gasteiger partial charge on any atom is -0.476 e. The van der Waals surface area contributed by atoms with Gasteiger partial charge in [0.1, 0.15) is 0 Å². The Hall–Kier alpha value is -2.23. The van der Waals surface area contributed by atoms with Crippen molar-refractivity contribution >= 4 is 5.97 Å². The summed E-state index contributed by atoms with van der Waals surface area (Å²) in [6.07, 6.45) is 2.77. The van der Waals surface area contributed by atoms with E-state index in [-0.39, 0.29) is 5.69 Å². The lowest BCUT2D eigenvalue weighted by atomic mass is 10.0. The highest BCUT2D eigenvalue weighted by Gasteiger charge is 2.08. The summed E-state index contributed by atoms with van der Waals surface area (Å²) in [5, 5.41) is 8.74. The van der Waals surface area contributed by atoms with Crippen LogP contribution in [0.4, 0.5) is 0 Å². The maximum atomic E-state index is 10.7. The molecule has 0 aliphatic carbocycles. The lowest BCUT2D eigenvalue weighted by Gasteiger charge is -2.07. The number of rotatable bonds is 2. The van der Waals surface area contributed by atoms with Crippen molar-refractivity contribution in [3.63, 3.8) is 0 Å². The molecule has 0 aliphatic rings. The first-order valence-corrected chi connectivity index (χ1v) is 5.21. The van der Waals surface area contributed by atoms with Crippen LogP contribution in [0.1, 0.15) is 21.6 Å². The van der Waals surface area contributed by atoms with E-state index in [2.05, 4.69) is 9.97 Å². The van der Waals surface area contributed by atoms with Gasteiger partial charge in [0.05, 0.1) is 18.1 Å². The summed E-state index contributed by atoms with van der Waals surface area (Å²) in [6.45, 7) is 4.04. The third-order valence-corrected chi connectivity index (χ3v) is 2.75. The maximum Gasteiger partial charge on any atom is 0.356 e. The van der Waals surface area contributed by atoms with E-state index in [0.29, 0.717) is 5.69 Å². The summed E-state index contributed by atoms with van der Waals surface area (Å²) in [7, 11) is 0. The average molecular weight is 228 g/mol. The lowest BCUT2D eigenvalue weighted by Crippen LogP contribution is -2.01. The molecule has 2 rings (SSSR count). The minimum absolute atomic E-state index is 0.0425. The van der Waals surface area contributed by atoms with Gasteiger partial charge < -0.3 is 5.11 Å². The number of aromatic nitrogens is 2. The van der Waals surface area contributed by atoms with Crippen molar-refractivity contribution in [1.82, 2.24) is 9.97 Å². The molecule has 0 saturated heterocycles. The third-order valence-electron chi connectivity index (χ3n) is 2.75. The van der Waals surface area contributed by atoms with E-state index in [0.717, 1.165) is 11.1 Å². The highest BCUT2D eigenvalue weighted by molar-refractivity contribution is 5.85. The Labute approximate surface area is 99.0 Å². The van der Waals surface area contributed by atoms with Crippen LogP contribution in [-0.2, 0) is 0 Å². The summed E-state index contributed by atoms with van der Waals surface area (Å²) in [5.74, 6) is -1.06. The summed E-state index contributed by atoms with van der Waals surface area (Å²) in [5.41, 5.74) is 3.93. The first kappa shape index (κ1) is 11.3. The molecule has 2 aromatic rings. The predicted octanol–water partition coefficient (Wildman–Crippen LogP) is 2.46. The van der Waals surface area contributed by atoms with Crippen LogP contribution >= 0.6 is 0 Å². The monoisotopic (exact) mass is 228 g/mol. The molecule has 86 valence electrons. The molecule has 4 nitrogen and oxygen atoms in total. The predicted molar refractivity (Wildman–Crippen MR) is 63.9 cm³/mol. The Morgan fingerprint density at radius 2 is 1.94 bits per heavy atom. The van der Waals surface area contributed by atoms with E-state index in [4.69, 9.17) is 5.11 Å². The van der Waals surface area contributed by atoms with E-state index in [1.165, 1.54) is 18.0 Å². The van der Waals surface area contributed by atoms with Crippen LogP contribution in [0, 0.1) is 13.8 Å². The quantitative estimate of drug-likeness (QED) is 0.857. The Kier molecular flexibility index (Phi) is 2.87. The molecular weight excluding hydrogens is 216 g/mol. The second-order valence-corrected chi connectivity index (χ2v) is 3.84. The number of hydrogen-bond acceptors (Lipinski definition) is 3. The zero-order valence-corrected chi connectivity index (χ0v) is 9.64. The zero-order valence-electron chi connectivity index (χ0n) is 9.64. The second-order valence-electron chi connectivity index (χ2n) is 3.84. The minimum atomic E-state index is -1.06.